The van der Waals surface area contributed by atoms with Crippen molar-refractivity contribution in [2.75, 3.05) is 0 Å². The van der Waals surface area contributed by atoms with Crippen LogP contribution in [0.2, 0.25) is 0 Å². The zero-order valence-electron chi connectivity index (χ0n) is 10.9. The number of aldehydes is 1. The van der Waals surface area contributed by atoms with Gasteiger partial charge in [0.1, 0.15) is 0 Å². The fourth-order valence-corrected chi connectivity index (χ4v) is 2.76. The Kier molecular flexibility index (Phi) is 3.34. The van der Waals surface area contributed by atoms with E-state index in [1.54, 1.807) is 12.4 Å². The van der Waals surface area contributed by atoms with Crippen LogP contribution in [0.25, 0.3) is 11.1 Å². The van der Waals surface area contributed by atoms with Gasteiger partial charge in [0.25, 0.3) is 0 Å². The molecule has 2 aromatic rings. The van der Waals surface area contributed by atoms with Crippen molar-refractivity contribution in [3.63, 3.8) is 0 Å². The second-order valence-electron chi connectivity index (χ2n) is 5.12. The quantitative estimate of drug-likeness (QED) is 0.800. The zero-order chi connectivity index (χ0) is 14.1. The lowest BCUT2D eigenvalue weighted by Crippen LogP contribution is -2.04. The maximum absolute atomic E-state index is 13.4. The van der Waals surface area contributed by atoms with Crippen molar-refractivity contribution >= 4 is 6.29 Å². The second-order valence-corrected chi connectivity index (χ2v) is 5.12. The number of hydrogen-bond acceptors (Lipinski definition) is 2. The molecule has 1 fully saturated rings. The Balaban J connectivity index is 2.00. The van der Waals surface area contributed by atoms with Gasteiger partial charge in [-0.05, 0) is 30.5 Å². The lowest BCUT2D eigenvalue weighted by Gasteiger charge is -2.08. The molecule has 3 rings (SSSR count). The number of aromatic nitrogens is 2. The summed E-state index contributed by atoms with van der Waals surface area (Å²) in [6.07, 6.45) is 8.46. The number of hydrogen-bond donors (Lipinski definition) is 0. The van der Waals surface area contributed by atoms with Crippen LogP contribution in [0.5, 0.6) is 0 Å². The molecule has 1 saturated carbocycles. The van der Waals surface area contributed by atoms with Crippen LogP contribution >= 0.6 is 0 Å². The third-order valence-electron chi connectivity index (χ3n) is 3.83. The predicted octanol–water partition coefficient (Wildman–Crippen LogP) is 3.76. The smallest absolute Gasteiger partial charge is 0.159 e. The summed E-state index contributed by atoms with van der Waals surface area (Å²) in [6, 6.07) is 2.34. The van der Waals surface area contributed by atoms with Gasteiger partial charge >= 0.3 is 0 Å². The summed E-state index contributed by atoms with van der Waals surface area (Å²) in [5, 5.41) is 4.29. The molecule has 0 unspecified atom stereocenters. The number of carbonyl (C=O) groups excluding carboxylic acids is 1. The van der Waals surface area contributed by atoms with Gasteiger partial charge in [-0.1, -0.05) is 12.8 Å². The molecule has 3 nitrogen and oxygen atoms in total. The largest absolute Gasteiger partial charge is 0.298 e. The highest BCUT2D eigenvalue weighted by atomic mass is 19.2. The Morgan fingerprint density at radius 1 is 1.20 bits per heavy atom. The first kappa shape index (κ1) is 13.0. The van der Waals surface area contributed by atoms with E-state index in [1.807, 2.05) is 4.68 Å². The SMILES string of the molecule is O=Cc1cc(F)c(F)cc1-c1cnn(C2CCCC2)c1. The van der Waals surface area contributed by atoms with Crippen LogP contribution < -0.4 is 0 Å². The zero-order valence-corrected chi connectivity index (χ0v) is 10.9. The maximum Gasteiger partial charge on any atom is 0.159 e. The molecule has 20 heavy (non-hydrogen) atoms. The van der Waals surface area contributed by atoms with Crippen molar-refractivity contribution in [2.45, 2.75) is 31.7 Å². The van der Waals surface area contributed by atoms with Crippen LogP contribution in [0.4, 0.5) is 8.78 Å². The first-order chi connectivity index (χ1) is 9.69. The lowest BCUT2D eigenvalue weighted by molar-refractivity contribution is 0.112. The van der Waals surface area contributed by atoms with Crippen LogP contribution in [0.1, 0.15) is 42.1 Å². The molecule has 0 atom stereocenters. The van der Waals surface area contributed by atoms with Gasteiger partial charge in [-0.25, -0.2) is 8.78 Å². The van der Waals surface area contributed by atoms with Crippen molar-refractivity contribution in [3.05, 3.63) is 41.7 Å². The van der Waals surface area contributed by atoms with Crippen LogP contribution in [-0.4, -0.2) is 16.1 Å². The fourth-order valence-electron chi connectivity index (χ4n) is 2.76. The van der Waals surface area contributed by atoms with Gasteiger partial charge < -0.3 is 0 Å². The van der Waals surface area contributed by atoms with E-state index in [2.05, 4.69) is 5.10 Å². The minimum absolute atomic E-state index is 0.134. The summed E-state index contributed by atoms with van der Waals surface area (Å²) in [4.78, 5) is 11.0. The molecule has 0 bridgehead atoms. The molecular weight excluding hydrogens is 262 g/mol. The van der Waals surface area contributed by atoms with Crippen LogP contribution in [0, 0.1) is 11.6 Å². The van der Waals surface area contributed by atoms with Gasteiger partial charge in [0.2, 0.25) is 0 Å². The van der Waals surface area contributed by atoms with Gasteiger partial charge in [-0.3, -0.25) is 9.48 Å². The molecule has 0 spiro atoms. The normalized spacial score (nSPS) is 15.7. The van der Waals surface area contributed by atoms with E-state index < -0.39 is 11.6 Å². The third-order valence-corrected chi connectivity index (χ3v) is 3.83. The first-order valence-corrected chi connectivity index (χ1v) is 6.68. The van der Waals surface area contributed by atoms with Gasteiger partial charge in [-0.15, -0.1) is 0 Å². The minimum Gasteiger partial charge on any atom is -0.298 e. The van der Waals surface area contributed by atoms with E-state index in [1.165, 1.54) is 12.8 Å². The lowest BCUT2D eigenvalue weighted by atomic mass is 10.0. The molecule has 0 amide bonds. The summed E-state index contributed by atoms with van der Waals surface area (Å²) in [5.74, 6) is -1.97. The van der Waals surface area contributed by atoms with Crippen molar-refractivity contribution in [1.82, 2.24) is 9.78 Å². The van der Waals surface area contributed by atoms with E-state index >= 15 is 0 Å². The highest BCUT2D eigenvalue weighted by molar-refractivity contribution is 5.87. The van der Waals surface area contributed by atoms with Crippen LogP contribution in [-0.2, 0) is 0 Å². The molecule has 0 N–H and O–H groups in total. The van der Waals surface area contributed by atoms with E-state index in [0.29, 0.717) is 23.5 Å². The molecule has 0 saturated heterocycles. The van der Waals surface area contributed by atoms with Gasteiger partial charge in [-0.2, -0.15) is 5.10 Å². The number of halogens is 2. The van der Waals surface area contributed by atoms with E-state index in [4.69, 9.17) is 0 Å². The maximum atomic E-state index is 13.4. The fraction of sp³-hybridized carbons (Fsp3) is 0.333. The van der Waals surface area contributed by atoms with Crippen LogP contribution in [0.15, 0.2) is 24.5 Å². The topological polar surface area (TPSA) is 34.9 Å². The highest BCUT2D eigenvalue weighted by Gasteiger charge is 2.19. The summed E-state index contributed by atoms with van der Waals surface area (Å²) < 4.78 is 28.4. The number of nitrogens with zero attached hydrogens (tertiary/aromatic N) is 2. The minimum atomic E-state index is -1.01. The molecule has 1 aliphatic carbocycles. The van der Waals surface area contributed by atoms with Gasteiger partial charge in [0.05, 0.1) is 12.2 Å². The van der Waals surface area contributed by atoms with E-state index in [0.717, 1.165) is 25.0 Å². The third kappa shape index (κ3) is 2.24. The van der Waals surface area contributed by atoms with Crippen molar-refractivity contribution in [2.24, 2.45) is 0 Å². The summed E-state index contributed by atoms with van der Waals surface area (Å²) in [5.41, 5.74) is 1.15. The first-order valence-electron chi connectivity index (χ1n) is 6.68. The molecule has 0 radical (unpaired) electrons. The van der Waals surface area contributed by atoms with Gasteiger partial charge in [0.15, 0.2) is 17.9 Å². The molecule has 5 heteroatoms. The predicted molar refractivity (Wildman–Crippen MR) is 70.5 cm³/mol. The molecule has 0 aliphatic heterocycles. The summed E-state index contributed by atoms with van der Waals surface area (Å²) >= 11 is 0. The van der Waals surface area contributed by atoms with Crippen molar-refractivity contribution in [3.8, 4) is 11.1 Å². The molecule has 1 heterocycles. The number of benzene rings is 1. The van der Waals surface area contributed by atoms with Crippen molar-refractivity contribution < 1.29 is 13.6 Å². The summed E-state index contributed by atoms with van der Waals surface area (Å²) in [6.45, 7) is 0. The molecule has 104 valence electrons. The standard InChI is InChI=1S/C15H14F2N2O/c16-14-5-10(9-20)13(6-15(14)17)11-7-18-19(8-11)12-3-1-2-4-12/h5-9,12H,1-4H2. The van der Waals surface area contributed by atoms with Gasteiger partial charge in [0, 0.05) is 17.3 Å². The Labute approximate surface area is 115 Å². The Morgan fingerprint density at radius 2 is 1.90 bits per heavy atom. The van der Waals surface area contributed by atoms with E-state index in [-0.39, 0.29) is 5.56 Å². The molecular formula is C15H14F2N2O. The highest BCUT2D eigenvalue weighted by Crippen LogP contribution is 2.31. The summed E-state index contributed by atoms with van der Waals surface area (Å²) in [7, 11) is 0. The molecule has 1 aliphatic rings. The average Bonchev–Trinajstić information content (AvgIpc) is 3.10. The Morgan fingerprint density at radius 3 is 2.60 bits per heavy atom. The Bertz CT molecular complexity index is 645. The second kappa shape index (κ2) is 5.15. The van der Waals surface area contributed by atoms with Crippen LogP contribution in [0.3, 0.4) is 0 Å². The van der Waals surface area contributed by atoms with E-state index in [9.17, 15) is 13.6 Å². The number of carbonyl (C=O) groups is 1. The Hall–Kier alpha value is -2.04. The average molecular weight is 276 g/mol. The van der Waals surface area contributed by atoms with Crippen molar-refractivity contribution in [1.29, 1.82) is 0 Å². The number of rotatable bonds is 3. The monoisotopic (exact) mass is 276 g/mol. The molecule has 1 aromatic carbocycles. The molecule has 1 aromatic heterocycles.